The summed E-state index contributed by atoms with van der Waals surface area (Å²) in [4.78, 5) is 23.0. The smallest absolute Gasteiger partial charge is 0.303 e. The van der Waals surface area contributed by atoms with Crippen LogP contribution in [-0.4, -0.2) is 29.8 Å². The van der Waals surface area contributed by atoms with E-state index in [-0.39, 0.29) is 18.7 Å². The number of methoxy groups -OCH3 is 1. The number of para-hydroxylation sites is 2. The van der Waals surface area contributed by atoms with Gasteiger partial charge in [0.05, 0.1) is 13.0 Å². The van der Waals surface area contributed by atoms with Crippen molar-refractivity contribution < 1.29 is 19.4 Å². The number of nitrogens with zero attached hydrogens (tertiary/aromatic N) is 2. The Morgan fingerprint density at radius 2 is 2.15 bits per heavy atom. The molecule has 20 heavy (non-hydrogen) atoms. The highest BCUT2D eigenvalue weighted by atomic mass is 16.5. The number of hydrazone groups is 1. The van der Waals surface area contributed by atoms with Crippen LogP contribution in [-0.2, 0) is 9.59 Å². The van der Waals surface area contributed by atoms with Crippen molar-refractivity contribution in [1.29, 1.82) is 0 Å². The predicted molar refractivity (Wildman–Crippen MR) is 73.9 cm³/mol. The van der Waals surface area contributed by atoms with Gasteiger partial charge in [-0.25, -0.2) is 0 Å². The summed E-state index contributed by atoms with van der Waals surface area (Å²) in [5.41, 5.74) is 1.19. The fourth-order valence-electron chi connectivity index (χ4n) is 2.18. The van der Waals surface area contributed by atoms with E-state index < -0.39 is 11.9 Å². The lowest BCUT2D eigenvalue weighted by molar-refractivity contribution is -0.137. The SMILES string of the molecule is COc1ccccc1N1N=C(C)C(CCC(=O)O)C1=O. The maximum atomic E-state index is 12.4. The van der Waals surface area contributed by atoms with Crippen LogP contribution >= 0.6 is 0 Å². The number of carboxylic acid groups (broad SMARTS) is 1. The number of carbonyl (C=O) groups excluding carboxylic acids is 1. The van der Waals surface area contributed by atoms with Crippen LogP contribution in [0.2, 0.25) is 0 Å². The molecule has 106 valence electrons. The van der Waals surface area contributed by atoms with Crippen LogP contribution in [0, 0.1) is 5.92 Å². The maximum absolute atomic E-state index is 12.4. The van der Waals surface area contributed by atoms with Gasteiger partial charge in [-0.2, -0.15) is 10.1 Å². The van der Waals surface area contributed by atoms with Crippen LogP contribution in [0.1, 0.15) is 19.8 Å². The average Bonchev–Trinajstić information content (AvgIpc) is 2.71. The first kappa shape index (κ1) is 14.0. The van der Waals surface area contributed by atoms with Crippen molar-refractivity contribution in [3.8, 4) is 5.75 Å². The van der Waals surface area contributed by atoms with Crippen LogP contribution in [0.4, 0.5) is 5.69 Å². The molecule has 1 aliphatic rings. The Kier molecular flexibility index (Phi) is 4.02. The predicted octanol–water partition coefficient (Wildman–Crippen LogP) is 1.90. The fraction of sp³-hybridized carbons (Fsp3) is 0.357. The minimum absolute atomic E-state index is 0.0525. The lowest BCUT2D eigenvalue weighted by Gasteiger charge is -2.16. The van der Waals surface area contributed by atoms with E-state index in [1.807, 2.05) is 0 Å². The summed E-state index contributed by atoms with van der Waals surface area (Å²) >= 11 is 0. The van der Waals surface area contributed by atoms with Gasteiger partial charge in [-0.15, -0.1) is 0 Å². The van der Waals surface area contributed by atoms with Gasteiger partial charge in [0.25, 0.3) is 5.91 Å². The Balaban J connectivity index is 2.23. The third kappa shape index (κ3) is 2.64. The number of rotatable bonds is 5. The molecule has 1 amide bonds. The number of aliphatic carboxylic acids is 1. The summed E-state index contributed by atoms with van der Waals surface area (Å²) in [6.07, 6.45) is 0.207. The molecule has 2 rings (SSSR count). The fourth-order valence-corrected chi connectivity index (χ4v) is 2.18. The van der Waals surface area contributed by atoms with Gasteiger partial charge in [-0.3, -0.25) is 9.59 Å². The van der Waals surface area contributed by atoms with E-state index in [0.29, 0.717) is 17.1 Å². The van der Waals surface area contributed by atoms with Crippen LogP contribution < -0.4 is 9.75 Å². The van der Waals surface area contributed by atoms with E-state index in [2.05, 4.69) is 5.10 Å². The molecule has 1 unspecified atom stereocenters. The van der Waals surface area contributed by atoms with Crippen molar-refractivity contribution in [2.24, 2.45) is 11.0 Å². The van der Waals surface area contributed by atoms with Gasteiger partial charge in [0.15, 0.2) is 0 Å². The van der Waals surface area contributed by atoms with Crippen LogP contribution in [0.3, 0.4) is 0 Å². The van der Waals surface area contributed by atoms with Gasteiger partial charge < -0.3 is 9.84 Å². The van der Waals surface area contributed by atoms with E-state index in [4.69, 9.17) is 9.84 Å². The molecule has 0 saturated carbocycles. The number of carboxylic acids is 1. The molecule has 0 aliphatic carbocycles. The molecule has 0 fully saturated rings. The summed E-state index contributed by atoms with van der Waals surface area (Å²) in [6.45, 7) is 1.74. The van der Waals surface area contributed by atoms with Crippen LogP contribution in [0.15, 0.2) is 29.4 Å². The van der Waals surface area contributed by atoms with Crippen molar-refractivity contribution in [2.45, 2.75) is 19.8 Å². The first-order valence-electron chi connectivity index (χ1n) is 6.28. The molecule has 0 radical (unpaired) electrons. The second-order valence-corrected chi connectivity index (χ2v) is 4.55. The molecule has 1 aliphatic heterocycles. The zero-order chi connectivity index (χ0) is 14.7. The molecule has 6 heteroatoms. The van der Waals surface area contributed by atoms with E-state index in [9.17, 15) is 9.59 Å². The van der Waals surface area contributed by atoms with Crippen molar-refractivity contribution >= 4 is 23.3 Å². The first-order chi connectivity index (χ1) is 9.54. The third-order valence-corrected chi connectivity index (χ3v) is 3.23. The molecule has 6 nitrogen and oxygen atoms in total. The second-order valence-electron chi connectivity index (χ2n) is 4.55. The lowest BCUT2D eigenvalue weighted by atomic mass is 9.98. The summed E-state index contributed by atoms with van der Waals surface area (Å²) in [7, 11) is 1.53. The zero-order valence-corrected chi connectivity index (χ0v) is 11.4. The maximum Gasteiger partial charge on any atom is 0.303 e. The Hall–Kier alpha value is -2.37. The zero-order valence-electron chi connectivity index (χ0n) is 11.4. The van der Waals surface area contributed by atoms with Gasteiger partial charge in [0.1, 0.15) is 11.4 Å². The minimum atomic E-state index is -0.915. The summed E-state index contributed by atoms with van der Waals surface area (Å²) in [5.74, 6) is -1.05. The number of ether oxygens (including phenoxy) is 1. The standard InChI is InChI=1S/C14H16N2O4/c1-9-10(7-8-13(17)18)14(19)16(15-9)11-5-3-4-6-12(11)20-2/h3-6,10H,7-8H2,1-2H3,(H,17,18). The van der Waals surface area contributed by atoms with Gasteiger partial charge in [0, 0.05) is 12.1 Å². The Morgan fingerprint density at radius 1 is 1.45 bits per heavy atom. The third-order valence-electron chi connectivity index (χ3n) is 3.23. The quantitative estimate of drug-likeness (QED) is 0.890. The van der Waals surface area contributed by atoms with Gasteiger partial charge in [-0.1, -0.05) is 12.1 Å². The largest absolute Gasteiger partial charge is 0.494 e. The van der Waals surface area contributed by atoms with Gasteiger partial charge >= 0.3 is 5.97 Å². The highest BCUT2D eigenvalue weighted by Crippen LogP contribution is 2.33. The van der Waals surface area contributed by atoms with Crippen molar-refractivity contribution in [3.63, 3.8) is 0 Å². The van der Waals surface area contributed by atoms with Crippen LogP contribution in [0.25, 0.3) is 0 Å². The molecule has 1 aromatic carbocycles. The normalized spacial score (nSPS) is 18.1. The van der Waals surface area contributed by atoms with Crippen molar-refractivity contribution in [1.82, 2.24) is 0 Å². The Labute approximate surface area is 116 Å². The topological polar surface area (TPSA) is 79.2 Å². The Bertz CT molecular complexity index is 568. The van der Waals surface area contributed by atoms with Crippen molar-refractivity contribution in [3.05, 3.63) is 24.3 Å². The molecule has 0 bridgehead atoms. The Morgan fingerprint density at radius 3 is 2.80 bits per heavy atom. The number of carbonyl (C=O) groups is 2. The average molecular weight is 276 g/mol. The molecular weight excluding hydrogens is 260 g/mol. The van der Waals surface area contributed by atoms with E-state index >= 15 is 0 Å². The van der Waals surface area contributed by atoms with Gasteiger partial charge in [-0.05, 0) is 25.5 Å². The van der Waals surface area contributed by atoms with Gasteiger partial charge in [0.2, 0.25) is 0 Å². The highest BCUT2D eigenvalue weighted by Gasteiger charge is 2.35. The molecule has 0 spiro atoms. The number of benzene rings is 1. The molecule has 1 aromatic rings. The van der Waals surface area contributed by atoms with E-state index in [1.54, 1.807) is 31.2 Å². The number of amides is 1. The minimum Gasteiger partial charge on any atom is -0.494 e. The molecule has 0 saturated heterocycles. The second kappa shape index (κ2) is 5.73. The molecular formula is C14H16N2O4. The summed E-state index contributed by atoms with van der Waals surface area (Å²) in [5, 5.41) is 14.3. The van der Waals surface area contributed by atoms with Crippen LogP contribution in [0.5, 0.6) is 5.75 Å². The van der Waals surface area contributed by atoms with Crippen molar-refractivity contribution in [2.75, 3.05) is 12.1 Å². The monoisotopic (exact) mass is 276 g/mol. The number of hydrogen-bond acceptors (Lipinski definition) is 4. The summed E-state index contributed by atoms with van der Waals surface area (Å²) < 4.78 is 5.22. The number of anilines is 1. The highest BCUT2D eigenvalue weighted by molar-refractivity contribution is 6.15. The first-order valence-corrected chi connectivity index (χ1v) is 6.28. The number of hydrogen-bond donors (Lipinski definition) is 1. The van der Waals surface area contributed by atoms with E-state index in [0.717, 1.165) is 0 Å². The molecule has 1 heterocycles. The summed E-state index contributed by atoms with van der Waals surface area (Å²) in [6, 6.07) is 7.09. The molecule has 1 atom stereocenters. The van der Waals surface area contributed by atoms with E-state index in [1.165, 1.54) is 12.1 Å². The molecule has 0 aromatic heterocycles. The lowest BCUT2D eigenvalue weighted by Crippen LogP contribution is -2.27. The molecule has 1 N–H and O–H groups in total.